The molecular formula is C10H10F5N3O2. The molecule has 20 heavy (non-hydrogen) atoms. The molecule has 2 rings (SSSR count). The van der Waals surface area contributed by atoms with Gasteiger partial charge in [0.25, 0.3) is 0 Å². The lowest BCUT2D eigenvalue weighted by atomic mass is 9.99. The van der Waals surface area contributed by atoms with Gasteiger partial charge in [-0.15, -0.1) is 0 Å². The highest BCUT2D eigenvalue weighted by Gasteiger charge is 2.64. The number of fused-ring (bicyclic) bond motifs is 1. The molecule has 0 bridgehead atoms. The van der Waals surface area contributed by atoms with Gasteiger partial charge in [-0.1, -0.05) is 0 Å². The zero-order valence-electron chi connectivity index (χ0n) is 10.1. The summed E-state index contributed by atoms with van der Waals surface area (Å²) in [4.78, 5) is 10.7. The smallest absolute Gasteiger partial charge is 0.455 e. The van der Waals surface area contributed by atoms with Gasteiger partial charge in [0.05, 0.1) is 0 Å². The van der Waals surface area contributed by atoms with Gasteiger partial charge < -0.3 is 10.4 Å². The Labute approximate surface area is 109 Å². The molecule has 0 spiro atoms. The number of hydrogen-bond acceptors (Lipinski definition) is 3. The Morgan fingerprint density at radius 3 is 2.55 bits per heavy atom. The van der Waals surface area contributed by atoms with Gasteiger partial charge in [0.15, 0.2) is 5.69 Å². The van der Waals surface area contributed by atoms with E-state index in [0.717, 1.165) is 6.07 Å². The highest BCUT2D eigenvalue weighted by Crippen LogP contribution is 2.47. The molecule has 112 valence electrons. The number of rotatable bonds is 2. The molecule has 2 N–H and O–H groups in total. The summed E-state index contributed by atoms with van der Waals surface area (Å²) >= 11 is 0. The number of anilines is 1. The Kier molecular flexibility index (Phi) is 3.14. The van der Waals surface area contributed by atoms with E-state index in [1.165, 1.54) is 6.92 Å². The second-order valence-corrected chi connectivity index (χ2v) is 4.58. The predicted octanol–water partition coefficient (Wildman–Crippen LogP) is 2.52. The van der Waals surface area contributed by atoms with Gasteiger partial charge in [-0.05, 0) is 13.3 Å². The summed E-state index contributed by atoms with van der Waals surface area (Å²) in [6.45, 7) is 1.43. The largest absolute Gasteiger partial charge is 0.476 e. The quantitative estimate of drug-likeness (QED) is 0.824. The molecule has 2 atom stereocenters. The van der Waals surface area contributed by atoms with E-state index < -0.39 is 42.3 Å². The van der Waals surface area contributed by atoms with Crippen LogP contribution in [-0.2, 0) is 0 Å². The number of carboxylic acids is 1. The summed E-state index contributed by atoms with van der Waals surface area (Å²) < 4.78 is 64.9. The van der Waals surface area contributed by atoms with E-state index in [9.17, 15) is 26.7 Å². The number of nitrogens with one attached hydrogen (secondary N) is 1. The molecule has 2 heterocycles. The van der Waals surface area contributed by atoms with Gasteiger partial charge in [0.2, 0.25) is 0 Å². The molecule has 0 fully saturated rings. The van der Waals surface area contributed by atoms with Crippen LogP contribution in [0.15, 0.2) is 6.07 Å². The number of aromatic nitrogens is 2. The number of carbonyl (C=O) groups is 1. The molecule has 0 saturated carbocycles. The van der Waals surface area contributed by atoms with E-state index in [1.54, 1.807) is 0 Å². The van der Waals surface area contributed by atoms with Crippen molar-refractivity contribution in [2.75, 3.05) is 5.32 Å². The molecular weight excluding hydrogens is 289 g/mol. The summed E-state index contributed by atoms with van der Waals surface area (Å²) in [5.41, 5.74) is -0.593. The standard InChI is InChI=1S/C10H10F5N3O2/c1-4-2-6(9(11,12)10(13,14)15)18-7(16-4)3-5(17-18)8(19)20/h3-4,6,16H,2H2,1H3,(H,19,20)/t4-,6+/m1/s1. The second-order valence-electron chi connectivity index (χ2n) is 4.58. The minimum Gasteiger partial charge on any atom is -0.476 e. The van der Waals surface area contributed by atoms with E-state index in [1.807, 2.05) is 0 Å². The molecule has 0 aliphatic carbocycles. The summed E-state index contributed by atoms with van der Waals surface area (Å²) in [6, 6.07) is -2.02. The summed E-state index contributed by atoms with van der Waals surface area (Å²) in [5, 5.41) is 14.7. The minimum absolute atomic E-state index is 0.171. The Morgan fingerprint density at radius 1 is 1.45 bits per heavy atom. The van der Waals surface area contributed by atoms with Gasteiger partial charge in [-0.2, -0.15) is 27.1 Å². The Hall–Kier alpha value is -1.87. The van der Waals surface area contributed by atoms with E-state index in [4.69, 9.17) is 5.11 Å². The van der Waals surface area contributed by atoms with Crippen molar-refractivity contribution in [1.29, 1.82) is 0 Å². The number of hydrogen-bond donors (Lipinski definition) is 2. The first-order valence-corrected chi connectivity index (χ1v) is 5.58. The first-order chi connectivity index (χ1) is 9.04. The number of carboxylic acid groups (broad SMARTS) is 1. The van der Waals surface area contributed by atoms with Crippen LogP contribution in [0.2, 0.25) is 0 Å². The molecule has 0 saturated heterocycles. The van der Waals surface area contributed by atoms with Crippen molar-refractivity contribution in [3.05, 3.63) is 11.8 Å². The molecule has 0 radical (unpaired) electrons. The molecule has 0 amide bonds. The van der Waals surface area contributed by atoms with Crippen LogP contribution in [0, 0.1) is 0 Å². The topological polar surface area (TPSA) is 67.2 Å². The van der Waals surface area contributed by atoms with E-state index in [2.05, 4.69) is 10.4 Å². The van der Waals surface area contributed by atoms with Crippen molar-refractivity contribution in [2.24, 2.45) is 0 Å². The van der Waals surface area contributed by atoms with E-state index in [-0.39, 0.29) is 5.82 Å². The summed E-state index contributed by atoms with van der Waals surface area (Å²) in [7, 11) is 0. The molecule has 1 aromatic heterocycles. The van der Waals surface area contributed by atoms with Crippen LogP contribution < -0.4 is 5.32 Å². The third kappa shape index (κ3) is 2.18. The SMILES string of the molecule is C[C@@H]1C[C@@H](C(F)(F)C(F)(F)F)n2nc(C(=O)O)cc2N1. The molecule has 10 heteroatoms. The first-order valence-electron chi connectivity index (χ1n) is 5.58. The molecule has 1 aliphatic heterocycles. The monoisotopic (exact) mass is 299 g/mol. The minimum atomic E-state index is -5.73. The van der Waals surface area contributed by atoms with E-state index >= 15 is 0 Å². The fourth-order valence-electron chi connectivity index (χ4n) is 2.08. The van der Waals surface area contributed by atoms with Gasteiger partial charge in [0, 0.05) is 12.1 Å². The normalized spacial score (nSPS) is 23.1. The predicted molar refractivity (Wildman–Crippen MR) is 56.9 cm³/mol. The fraction of sp³-hybridized carbons (Fsp3) is 0.600. The molecule has 5 nitrogen and oxygen atoms in total. The van der Waals surface area contributed by atoms with Crippen molar-refractivity contribution in [1.82, 2.24) is 9.78 Å². The van der Waals surface area contributed by atoms with Crippen molar-refractivity contribution in [3.63, 3.8) is 0 Å². The van der Waals surface area contributed by atoms with Gasteiger partial charge in [-0.25, -0.2) is 9.48 Å². The Bertz CT molecular complexity index is 539. The van der Waals surface area contributed by atoms with Gasteiger partial charge in [-0.3, -0.25) is 0 Å². The van der Waals surface area contributed by atoms with Crippen LogP contribution in [-0.4, -0.2) is 39.0 Å². The molecule has 1 aromatic rings. The second kappa shape index (κ2) is 4.32. The maximum atomic E-state index is 13.5. The van der Waals surface area contributed by atoms with Crippen LogP contribution in [0.1, 0.15) is 29.9 Å². The summed E-state index contributed by atoms with van der Waals surface area (Å²) in [5.74, 6) is -6.68. The number of nitrogens with zero attached hydrogens (tertiary/aromatic N) is 2. The van der Waals surface area contributed by atoms with Crippen LogP contribution >= 0.6 is 0 Å². The van der Waals surface area contributed by atoms with Gasteiger partial charge >= 0.3 is 18.1 Å². The highest BCUT2D eigenvalue weighted by molar-refractivity contribution is 5.86. The highest BCUT2D eigenvalue weighted by atomic mass is 19.4. The zero-order chi connectivity index (χ0) is 15.3. The lowest BCUT2D eigenvalue weighted by Gasteiger charge is -2.35. The van der Waals surface area contributed by atoms with Crippen molar-refractivity contribution in [2.45, 2.75) is 37.5 Å². The molecule has 0 aromatic carbocycles. The molecule has 0 unspecified atom stereocenters. The van der Waals surface area contributed by atoms with Crippen LogP contribution in [0.3, 0.4) is 0 Å². The van der Waals surface area contributed by atoms with Crippen LogP contribution in [0.25, 0.3) is 0 Å². The summed E-state index contributed by atoms with van der Waals surface area (Å²) in [6.07, 6.45) is -6.26. The average molecular weight is 299 g/mol. The van der Waals surface area contributed by atoms with Gasteiger partial charge in [0.1, 0.15) is 11.9 Å². The third-order valence-electron chi connectivity index (χ3n) is 3.02. The van der Waals surface area contributed by atoms with E-state index in [0.29, 0.717) is 4.68 Å². The van der Waals surface area contributed by atoms with Crippen molar-refractivity contribution >= 4 is 11.8 Å². The zero-order valence-corrected chi connectivity index (χ0v) is 10.1. The Balaban J connectivity index is 2.50. The Morgan fingerprint density at radius 2 is 2.05 bits per heavy atom. The molecule has 1 aliphatic rings. The first kappa shape index (κ1) is 14.5. The van der Waals surface area contributed by atoms with Crippen LogP contribution in [0.5, 0.6) is 0 Å². The van der Waals surface area contributed by atoms with Crippen LogP contribution in [0.4, 0.5) is 27.8 Å². The number of aromatic carboxylic acids is 1. The lowest BCUT2D eigenvalue weighted by molar-refractivity contribution is -0.301. The fourth-order valence-corrected chi connectivity index (χ4v) is 2.08. The number of halogens is 5. The maximum absolute atomic E-state index is 13.5. The maximum Gasteiger partial charge on any atom is 0.455 e. The number of alkyl halides is 5. The lowest BCUT2D eigenvalue weighted by Crippen LogP contribution is -2.48. The average Bonchev–Trinajstić information content (AvgIpc) is 2.69. The van der Waals surface area contributed by atoms with Crippen molar-refractivity contribution < 1.29 is 31.9 Å². The third-order valence-corrected chi connectivity index (χ3v) is 3.02. The van der Waals surface area contributed by atoms with Crippen molar-refractivity contribution in [3.8, 4) is 0 Å².